The second-order valence-corrected chi connectivity index (χ2v) is 8.32. The van der Waals surface area contributed by atoms with Crippen molar-refractivity contribution in [3.05, 3.63) is 99.9 Å². The van der Waals surface area contributed by atoms with Gasteiger partial charge in [-0.3, -0.25) is 14.6 Å². The first-order valence-corrected chi connectivity index (χ1v) is 10.7. The molecule has 0 bridgehead atoms. The Hall–Kier alpha value is -3.93. The Kier molecular flexibility index (Phi) is 6.01. The van der Waals surface area contributed by atoms with E-state index in [4.69, 9.17) is 4.74 Å². The Morgan fingerprint density at radius 1 is 1.03 bits per heavy atom. The molecule has 2 heterocycles. The molecule has 0 saturated carbocycles. The average Bonchev–Trinajstić information content (AvgIpc) is 3.04. The van der Waals surface area contributed by atoms with Crippen LogP contribution in [0.4, 0.5) is 0 Å². The van der Waals surface area contributed by atoms with E-state index >= 15 is 0 Å². The van der Waals surface area contributed by atoms with Crippen molar-refractivity contribution in [1.82, 2.24) is 9.88 Å². The number of benzene rings is 2. The number of carbonyl (C=O) groups excluding carboxylic acids is 2. The van der Waals surface area contributed by atoms with Crippen LogP contribution in [0.2, 0.25) is 0 Å². The van der Waals surface area contributed by atoms with Gasteiger partial charge in [0.2, 0.25) is 0 Å². The standard InChI is InChI=1S/C27H26N2O4/c1-16-8-7-9-19(13-16)23-22(24(30)21-14-17(2)12-18(3)26(21)33-4)25(31)27(32)29(23)15-20-10-5-6-11-28-20/h5-14,23,30H,15H2,1-4H3/b24-22+. The van der Waals surface area contributed by atoms with E-state index < -0.39 is 17.7 Å². The van der Waals surface area contributed by atoms with Gasteiger partial charge in [-0.15, -0.1) is 0 Å². The fourth-order valence-corrected chi connectivity index (χ4v) is 4.44. The Balaban J connectivity index is 1.94. The van der Waals surface area contributed by atoms with Crippen molar-refractivity contribution < 1.29 is 19.4 Å². The van der Waals surface area contributed by atoms with Gasteiger partial charge in [-0.05, 0) is 55.7 Å². The maximum absolute atomic E-state index is 13.3. The normalized spacial score (nSPS) is 17.5. The maximum atomic E-state index is 13.3. The van der Waals surface area contributed by atoms with Crippen LogP contribution in [0.1, 0.15) is 39.6 Å². The summed E-state index contributed by atoms with van der Waals surface area (Å²) in [5.74, 6) is -1.17. The van der Waals surface area contributed by atoms with Crippen LogP contribution >= 0.6 is 0 Å². The Bertz CT molecular complexity index is 1260. The summed E-state index contributed by atoms with van der Waals surface area (Å²) in [6, 6.07) is 16.0. The van der Waals surface area contributed by atoms with Crippen molar-refractivity contribution in [1.29, 1.82) is 0 Å². The molecule has 6 heteroatoms. The van der Waals surface area contributed by atoms with Gasteiger partial charge in [0.1, 0.15) is 11.5 Å². The van der Waals surface area contributed by atoms with Crippen molar-refractivity contribution in [2.75, 3.05) is 7.11 Å². The number of pyridine rings is 1. The van der Waals surface area contributed by atoms with Crippen molar-refractivity contribution in [2.45, 2.75) is 33.4 Å². The lowest BCUT2D eigenvalue weighted by Gasteiger charge is -2.25. The first-order valence-electron chi connectivity index (χ1n) is 10.7. The van der Waals surface area contributed by atoms with Crippen molar-refractivity contribution in [2.24, 2.45) is 0 Å². The van der Waals surface area contributed by atoms with Gasteiger partial charge in [-0.25, -0.2) is 0 Å². The molecule has 1 saturated heterocycles. The number of rotatable bonds is 5. The van der Waals surface area contributed by atoms with Crippen LogP contribution in [0.5, 0.6) is 5.75 Å². The minimum Gasteiger partial charge on any atom is -0.507 e. The van der Waals surface area contributed by atoms with E-state index in [0.29, 0.717) is 17.0 Å². The lowest BCUT2D eigenvalue weighted by atomic mass is 9.93. The molecule has 0 radical (unpaired) electrons. The third-order valence-corrected chi connectivity index (χ3v) is 5.83. The monoisotopic (exact) mass is 442 g/mol. The van der Waals surface area contributed by atoms with Crippen LogP contribution < -0.4 is 4.74 Å². The number of carbonyl (C=O) groups is 2. The summed E-state index contributed by atoms with van der Waals surface area (Å²) in [5, 5.41) is 11.4. The molecule has 2 aromatic carbocycles. The number of likely N-dealkylation sites (tertiary alicyclic amines) is 1. The van der Waals surface area contributed by atoms with Crippen LogP contribution in [-0.4, -0.2) is 33.8 Å². The minimum atomic E-state index is -0.752. The zero-order chi connectivity index (χ0) is 23.7. The quantitative estimate of drug-likeness (QED) is 0.354. The van der Waals surface area contributed by atoms with Crippen LogP contribution in [0.15, 0.2) is 66.4 Å². The van der Waals surface area contributed by atoms with E-state index in [0.717, 1.165) is 22.3 Å². The molecule has 1 aliphatic rings. The summed E-state index contributed by atoms with van der Waals surface area (Å²) in [6.45, 7) is 5.87. The van der Waals surface area contributed by atoms with Crippen molar-refractivity contribution >= 4 is 17.4 Å². The summed E-state index contributed by atoms with van der Waals surface area (Å²) in [7, 11) is 1.52. The van der Waals surface area contributed by atoms with Gasteiger partial charge < -0.3 is 14.7 Å². The van der Waals surface area contributed by atoms with Crippen LogP contribution in [0, 0.1) is 20.8 Å². The number of hydrogen-bond donors (Lipinski definition) is 1. The fourth-order valence-electron chi connectivity index (χ4n) is 4.44. The largest absolute Gasteiger partial charge is 0.507 e. The fraction of sp³-hybridized carbons (Fsp3) is 0.222. The first kappa shape index (κ1) is 22.3. The second kappa shape index (κ2) is 8.90. The van der Waals surface area contributed by atoms with E-state index in [1.54, 1.807) is 24.4 Å². The Morgan fingerprint density at radius 2 is 1.82 bits per heavy atom. The lowest BCUT2D eigenvalue weighted by Crippen LogP contribution is -2.29. The summed E-state index contributed by atoms with van der Waals surface area (Å²) < 4.78 is 5.54. The number of aromatic nitrogens is 1. The van der Waals surface area contributed by atoms with E-state index in [1.165, 1.54) is 12.0 Å². The smallest absolute Gasteiger partial charge is 0.296 e. The van der Waals surface area contributed by atoms with Crippen LogP contribution in [0.3, 0.4) is 0 Å². The summed E-state index contributed by atoms with van der Waals surface area (Å²) in [6.07, 6.45) is 1.65. The molecule has 0 spiro atoms. The van der Waals surface area contributed by atoms with Crippen LogP contribution in [0.25, 0.3) is 5.76 Å². The third-order valence-electron chi connectivity index (χ3n) is 5.83. The highest BCUT2D eigenvalue weighted by molar-refractivity contribution is 6.46. The topological polar surface area (TPSA) is 79.7 Å². The van der Waals surface area contributed by atoms with Crippen molar-refractivity contribution in [3.63, 3.8) is 0 Å². The molecule has 1 atom stereocenters. The molecule has 0 aliphatic carbocycles. The van der Waals surface area contributed by atoms with Crippen LogP contribution in [-0.2, 0) is 16.1 Å². The molecule has 1 fully saturated rings. The number of nitrogens with zero attached hydrogens (tertiary/aromatic N) is 2. The number of Topliss-reactive ketones (excluding diaryl/α,β-unsaturated/α-hetero) is 1. The van der Waals surface area contributed by atoms with Gasteiger partial charge >= 0.3 is 0 Å². The van der Waals surface area contributed by atoms with Gasteiger partial charge in [0.05, 0.1) is 36.5 Å². The molecular formula is C27H26N2O4. The third kappa shape index (κ3) is 4.12. The maximum Gasteiger partial charge on any atom is 0.296 e. The van der Waals surface area contributed by atoms with Crippen molar-refractivity contribution in [3.8, 4) is 5.75 Å². The number of hydrogen-bond acceptors (Lipinski definition) is 5. The average molecular weight is 443 g/mol. The summed E-state index contributed by atoms with van der Waals surface area (Å²) in [4.78, 5) is 32.3. The molecule has 1 unspecified atom stereocenters. The molecule has 3 aromatic rings. The Labute approximate surface area is 193 Å². The number of aryl methyl sites for hydroxylation is 3. The number of aliphatic hydroxyl groups is 1. The van der Waals surface area contributed by atoms with E-state index in [9.17, 15) is 14.7 Å². The zero-order valence-electron chi connectivity index (χ0n) is 19.1. The lowest BCUT2D eigenvalue weighted by molar-refractivity contribution is -0.140. The molecule has 4 rings (SSSR count). The predicted molar refractivity (Wildman–Crippen MR) is 126 cm³/mol. The SMILES string of the molecule is COc1c(C)cc(C)cc1/C(O)=C1\C(=O)C(=O)N(Cc2ccccn2)C1c1cccc(C)c1. The predicted octanol–water partition coefficient (Wildman–Crippen LogP) is 4.64. The molecule has 1 aliphatic heterocycles. The number of amides is 1. The molecule has 1 N–H and O–H groups in total. The molecule has 1 amide bonds. The van der Waals surface area contributed by atoms with Gasteiger partial charge in [0.15, 0.2) is 0 Å². The molecular weight excluding hydrogens is 416 g/mol. The highest BCUT2D eigenvalue weighted by atomic mass is 16.5. The highest BCUT2D eigenvalue weighted by Crippen LogP contribution is 2.42. The number of methoxy groups -OCH3 is 1. The Morgan fingerprint density at radius 3 is 2.48 bits per heavy atom. The van der Waals surface area contributed by atoms with Gasteiger partial charge in [0.25, 0.3) is 11.7 Å². The molecule has 168 valence electrons. The second-order valence-electron chi connectivity index (χ2n) is 8.32. The minimum absolute atomic E-state index is 0.0461. The van der Waals surface area contributed by atoms with Gasteiger partial charge in [-0.1, -0.05) is 42.0 Å². The summed E-state index contributed by atoms with van der Waals surface area (Å²) >= 11 is 0. The molecule has 33 heavy (non-hydrogen) atoms. The molecule has 6 nitrogen and oxygen atoms in total. The zero-order valence-corrected chi connectivity index (χ0v) is 19.1. The number of ketones is 1. The first-order chi connectivity index (χ1) is 15.8. The van der Waals surface area contributed by atoms with E-state index in [1.807, 2.05) is 57.2 Å². The number of aliphatic hydroxyl groups excluding tert-OH is 1. The van der Waals surface area contributed by atoms with Gasteiger partial charge in [0, 0.05) is 6.20 Å². The molecule has 1 aromatic heterocycles. The van der Waals surface area contributed by atoms with E-state index in [-0.39, 0.29) is 17.9 Å². The van der Waals surface area contributed by atoms with Gasteiger partial charge in [-0.2, -0.15) is 0 Å². The number of ether oxygens (including phenoxy) is 1. The van der Waals surface area contributed by atoms with E-state index in [2.05, 4.69) is 4.98 Å². The summed E-state index contributed by atoms with van der Waals surface area (Å²) in [5.41, 5.74) is 4.56. The highest BCUT2D eigenvalue weighted by Gasteiger charge is 2.46.